The molecule has 4 aliphatic carbocycles. The monoisotopic (exact) mass is 513 g/mol. The van der Waals surface area contributed by atoms with Crippen LogP contribution in [0.25, 0.3) is 22.0 Å². The van der Waals surface area contributed by atoms with Crippen molar-refractivity contribution in [3.05, 3.63) is 60.3 Å². The summed E-state index contributed by atoms with van der Waals surface area (Å²) in [6, 6.07) is 14.5. The first-order valence-electron chi connectivity index (χ1n) is 13.8. The van der Waals surface area contributed by atoms with Gasteiger partial charge in [-0.1, -0.05) is 18.2 Å². The lowest BCUT2D eigenvalue weighted by molar-refractivity contribution is -0.144. The molecule has 7 nitrogen and oxygen atoms in total. The second-order valence-electron chi connectivity index (χ2n) is 12.1. The number of nitrogens with one attached hydrogen (secondary N) is 1. The number of nitrogens with two attached hydrogens (primary N) is 1. The van der Waals surface area contributed by atoms with Crippen molar-refractivity contribution >= 4 is 28.7 Å². The molecular weight excluding hydrogens is 478 g/mol. The number of H-pyrrole nitrogens is 1. The molecule has 0 spiro atoms. The molecule has 4 aliphatic rings. The predicted molar refractivity (Wildman–Crippen MR) is 145 cm³/mol. The van der Waals surface area contributed by atoms with E-state index >= 15 is 0 Å². The van der Waals surface area contributed by atoms with Gasteiger partial charge in [-0.25, -0.2) is 4.79 Å². The number of amides is 2. The lowest BCUT2D eigenvalue weighted by Gasteiger charge is -2.58. The number of fused-ring (bicyclic) bond motifs is 1. The molecule has 1 atom stereocenters. The van der Waals surface area contributed by atoms with E-state index in [0.29, 0.717) is 29.9 Å². The third-order valence-corrected chi connectivity index (χ3v) is 9.28. The number of hydrogen-bond acceptors (Lipinski definition) is 3. The molecule has 0 radical (unpaired) electrons. The highest BCUT2D eigenvalue weighted by Crippen LogP contribution is 2.60. The fourth-order valence-electron chi connectivity index (χ4n) is 8.06. The highest BCUT2D eigenvalue weighted by Gasteiger charge is 2.52. The van der Waals surface area contributed by atoms with E-state index < -0.39 is 17.9 Å². The van der Waals surface area contributed by atoms with E-state index in [1.165, 1.54) is 19.3 Å². The van der Waals surface area contributed by atoms with E-state index in [2.05, 4.69) is 11.1 Å². The first kappa shape index (κ1) is 24.7. The predicted octanol–water partition coefficient (Wildman–Crippen LogP) is 5.21. The molecule has 4 N–H and O–H groups in total. The van der Waals surface area contributed by atoms with Crippen molar-refractivity contribution in [3.63, 3.8) is 0 Å². The zero-order valence-corrected chi connectivity index (χ0v) is 21.6. The van der Waals surface area contributed by atoms with Crippen molar-refractivity contribution in [1.29, 1.82) is 0 Å². The maximum absolute atomic E-state index is 14.0. The molecule has 0 aliphatic heterocycles. The van der Waals surface area contributed by atoms with Gasteiger partial charge in [0, 0.05) is 30.2 Å². The van der Waals surface area contributed by atoms with Crippen molar-refractivity contribution < 1.29 is 19.5 Å². The van der Waals surface area contributed by atoms with Gasteiger partial charge in [0.05, 0.1) is 0 Å². The first-order chi connectivity index (χ1) is 18.3. The van der Waals surface area contributed by atoms with Crippen molar-refractivity contribution in [2.75, 3.05) is 6.54 Å². The van der Waals surface area contributed by atoms with E-state index in [4.69, 9.17) is 5.73 Å². The summed E-state index contributed by atoms with van der Waals surface area (Å²) in [6.07, 6.45) is 8.86. The van der Waals surface area contributed by atoms with Gasteiger partial charge in [-0.2, -0.15) is 0 Å². The number of hydrogen-bond donors (Lipinski definition) is 3. The van der Waals surface area contributed by atoms with Crippen LogP contribution in [0.1, 0.15) is 61.7 Å². The second-order valence-corrected chi connectivity index (χ2v) is 12.1. The Morgan fingerprint density at radius 3 is 2.18 bits per heavy atom. The summed E-state index contributed by atoms with van der Waals surface area (Å²) in [4.78, 5) is 42.8. The lowest BCUT2D eigenvalue weighted by atomic mass is 9.49. The topological polar surface area (TPSA) is 116 Å². The molecule has 0 saturated heterocycles. The largest absolute Gasteiger partial charge is 0.480 e. The number of primary amides is 1. The maximum atomic E-state index is 14.0. The van der Waals surface area contributed by atoms with Crippen molar-refractivity contribution in [3.8, 4) is 11.1 Å². The van der Waals surface area contributed by atoms with E-state index in [9.17, 15) is 19.5 Å². The van der Waals surface area contributed by atoms with E-state index in [-0.39, 0.29) is 24.2 Å². The summed E-state index contributed by atoms with van der Waals surface area (Å²) < 4.78 is 0. The Balaban J connectivity index is 1.29. The number of carboxylic acids is 1. The quantitative estimate of drug-likeness (QED) is 0.364. The number of aromatic nitrogens is 1. The molecule has 4 bridgehead atoms. The van der Waals surface area contributed by atoms with Crippen LogP contribution in [0.3, 0.4) is 0 Å². The van der Waals surface area contributed by atoms with Gasteiger partial charge in [-0.15, -0.1) is 0 Å². The summed E-state index contributed by atoms with van der Waals surface area (Å²) in [6.45, 7) is 0.428. The fraction of sp³-hybridized carbons (Fsp3) is 0.452. The molecule has 7 rings (SSSR count). The van der Waals surface area contributed by atoms with Crippen LogP contribution in [-0.4, -0.2) is 45.4 Å². The number of carbonyl (C=O) groups is 3. The molecular formula is C31H35N3O4. The number of benzene rings is 2. The van der Waals surface area contributed by atoms with Crippen LogP contribution >= 0.6 is 0 Å². The van der Waals surface area contributed by atoms with Crippen LogP contribution in [0.4, 0.5) is 0 Å². The molecule has 7 heteroatoms. The van der Waals surface area contributed by atoms with Gasteiger partial charge in [0.2, 0.25) is 5.91 Å². The third-order valence-electron chi connectivity index (χ3n) is 9.28. The number of nitrogens with zero attached hydrogens (tertiary/aromatic N) is 1. The Bertz CT molecular complexity index is 1340. The first-order valence-corrected chi connectivity index (χ1v) is 13.8. The minimum absolute atomic E-state index is 0.0253. The SMILES string of the molecule is NC(=O)CC[C@@H](C(=O)O)N(CC12CC3CC(CC(C3)C1)C2)C(=O)c1ccc(-c2ccc3[nH]ccc3c2)cc1. The van der Waals surface area contributed by atoms with Crippen molar-refractivity contribution in [2.45, 2.75) is 57.4 Å². The summed E-state index contributed by atoms with van der Waals surface area (Å²) in [5.74, 6) is 0.129. The van der Waals surface area contributed by atoms with Crippen LogP contribution in [0.15, 0.2) is 54.7 Å². The summed E-state index contributed by atoms with van der Waals surface area (Å²) in [5, 5.41) is 11.3. The van der Waals surface area contributed by atoms with Crippen LogP contribution in [0.2, 0.25) is 0 Å². The summed E-state index contributed by atoms with van der Waals surface area (Å²) >= 11 is 0. The fourth-order valence-corrected chi connectivity index (χ4v) is 8.06. The Labute approximate surface area is 222 Å². The molecule has 4 saturated carbocycles. The van der Waals surface area contributed by atoms with Crippen molar-refractivity contribution in [1.82, 2.24) is 9.88 Å². The van der Waals surface area contributed by atoms with Gasteiger partial charge in [0.15, 0.2) is 0 Å². The van der Waals surface area contributed by atoms with Crippen LogP contribution in [0.5, 0.6) is 0 Å². The Morgan fingerprint density at radius 1 is 0.947 bits per heavy atom. The van der Waals surface area contributed by atoms with Crippen LogP contribution in [-0.2, 0) is 9.59 Å². The average Bonchev–Trinajstić information content (AvgIpc) is 3.35. The standard InChI is InChI=1S/C31H35N3O4/c32-28(35)8-7-27(30(37)38)34(18-31-15-19-11-20(16-31)13-21(12-19)17-31)29(36)23-3-1-22(2-4-23)24-5-6-26-25(14-24)9-10-33-26/h1-6,9-10,14,19-21,27,33H,7-8,11-13,15-18H2,(H2,32,35)(H,37,38)/t19?,20?,21?,27-,31?/m0/s1. The minimum Gasteiger partial charge on any atom is -0.480 e. The van der Waals surface area contributed by atoms with Gasteiger partial charge < -0.3 is 20.7 Å². The molecule has 38 heavy (non-hydrogen) atoms. The number of carboxylic acid groups (broad SMARTS) is 1. The molecule has 0 unspecified atom stereocenters. The van der Waals surface area contributed by atoms with Gasteiger partial charge in [0.25, 0.3) is 5.91 Å². The Kier molecular flexibility index (Phi) is 6.25. The zero-order valence-electron chi connectivity index (χ0n) is 21.6. The van der Waals surface area contributed by atoms with Crippen molar-refractivity contribution in [2.24, 2.45) is 28.9 Å². The molecule has 198 valence electrons. The van der Waals surface area contributed by atoms with Crippen LogP contribution < -0.4 is 5.73 Å². The number of aliphatic carboxylic acids is 1. The van der Waals surface area contributed by atoms with Gasteiger partial charge >= 0.3 is 5.97 Å². The molecule has 2 aromatic carbocycles. The number of carbonyl (C=O) groups excluding carboxylic acids is 2. The Morgan fingerprint density at radius 2 is 1.58 bits per heavy atom. The number of aromatic amines is 1. The normalized spacial score (nSPS) is 26.4. The zero-order chi connectivity index (χ0) is 26.4. The summed E-state index contributed by atoms with van der Waals surface area (Å²) in [5.41, 5.74) is 8.91. The Hall–Kier alpha value is -3.61. The van der Waals surface area contributed by atoms with Crippen LogP contribution in [0, 0.1) is 23.2 Å². The van der Waals surface area contributed by atoms with E-state index in [1.54, 1.807) is 17.0 Å². The number of rotatable bonds is 9. The average molecular weight is 514 g/mol. The summed E-state index contributed by atoms with van der Waals surface area (Å²) in [7, 11) is 0. The van der Waals surface area contributed by atoms with Gasteiger partial charge in [-0.3, -0.25) is 9.59 Å². The van der Waals surface area contributed by atoms with Gasteiger partial charge in [-0.05, 0) is 115 Å². The highest BCUT2D eigenvalue weighted by molar-refractivity contribution is 5.97. The second kappa shape index (κ2) is 9.61. The highest BCUT2D eigenvalue weighted by atomic mass is 16.4. The molecule has 1 heterocycles. The van der Waals surface area contributed by atoms with Gasteiger partial charge in [0.1, 0.15) is 6.04 Å². The van der Waals surface area contributed by atoms with E-state index in [1.807, 2.05) is 36.5 Å². The minimum atomic E-state index is -1.08. The molecule has 4 fully saturated rings. The molecule has 1 aromatic heterocycles. The molecule has 2 amide bonds. The maximum Gasteiger partial charge on any atom is 0.326 e. The third kappa shape index (κ3) is 4.70. The lowest BCUT2D eigenvalue weighted by Crippen LogP contribution is -2.55. The smallest absolute Gasteiger partial charge is 0.326 e. The van der Waals surface area contributed by atoms with E-state index in [0.717, 1.165) is 41.3 Å². The molecule has 3 aromatic rings.